The molecule has 1 saturated carbocycles. The molecule has 2 atom stereocenters. The molecule has 3 rings (SSSR count). The number of hydrogen-bond donors (Lipinski definition) is 1. The fraction of sp³-hybridized carbons (Fsp3) is 0.615. The van der Waals surface area contributed by atoms with E-state index in [2.05, 4.69) is 33.6 Å². The molecular weight excluding hydrogens is 242 g/mol. The highest BCUT2D eigenvalue weighted by Gasteiger charge is 2.27. The van der Waals surface area contributed by atoms with E-state index in [1.165, 1.54) is 6.42 Å². The Hall–Kier alpha value is -1.69. The molecule has 2 aromatic heterocycles. The molecule has 0 spiro atoms. The Morgan fingerprint density at radius 1 is 1.47 bits per heavy atom. The Kier molecular flexibility index (Phi) is 3.33. The molecule has 0 aromatic carbocycles. The topological polar surface area (TPSA) is 64.3 Å². The van der Waals surface area contributed by atoms with Crippen LogP contribution in [0.5, 0.6) is 0 Å². The van der Waals surface area contributed by atoms with Crippen LogP contribution in [0.15, 0.2) is 12.4 Å². The van der Waals surface area contributed by atoms with Crippen LogP contribution in [0.2, 0.25) is 0 Å². The van der Waals surface area contributed by atoms with Crippen molar-refractivity contribution in [2.75, 3.05) is 12.4 Å². The van der Waals surface area contributed by atoms with Crippen LogP contribution in [-0.2, 0) is 11.2 Å². The number of methoxy groups -OCH3 is 1. The minimum atomic E-state index is 0.279. The summed E-state index contributed by atoms with van der Waals surface area (Å²) in [5, 5.41) is 16.1. The van der Waals surface area contributed by atoms with Gasteiger partial charge < -0.3 is 10.1 Å². The fourth-order valence-electron chi connectivity index (χ4n) is 2.73. The van der Waals surface area contributed by atoms with Gasteiger partial charge in [-0.2, -0.15) is 9.61 Å². The van der Waals surface area contributed by atoms with Crippen LogP contribution in [0, 0.1) is 0 Å². The second-order valence-electron chi connectivity index (χ2n) is 4.96. The molecule has 0 amide bonds. The minimum absolute atomic E-state index is 0.279. The summed E-state index contributed by atoms with van der Waals surface area (Å²) in [7, 11) is 1.78. The Bertz CT molecular complexity index is 567. The van der Waals surface area contributed by atoms with Crippen molar-refractivity contribution >= 4 is 11.3 Å². The summed E-state index contributed by atoms with van der Waals surface area (Å²) in [5.74, 6) is 0. The Morgan fingerprint density at radius 2 is 2.37 bits per heavy atom. The molecule has 0 saturated heterocycles. The van der Waals surface area contributed by atoms with Gasteiger partial charge in [0.2, 0.25) is 5.65 Å². The normalized spacial score (nSPS) is 23.1. The highest BCUT2D eigenvalue weighted by Crippen LogP contribution is 2.26. The first-order valence-corrected chi connectivity index (χ1v) is 6.81. The first-order chi connectivity index (χ1) is 9.31. The number of nitrogens with zero attached hydrogens (tertiary/aromatic N) is 4. The molecule has 1 N–H and O–H groups in total. The van der Waals surface area contributed by atoms with E-state index < -0.39 is 0 Å². The third kappa shape index (κ3) is 2.28. The van der Waals surface area contributed by atoms with Gasteiger partial charge in [-0.1, -0.05) is 6.92 Å². The van der Waals surface area contributed by atoms with Crippen LogP contribution in [0.3, 0.4) is 0 Å². The lowest BCUT2D eigenvalue weighted by molar-refractivity contribution is 0.101. The second-order valence-corrected chi connectivity index (χ2v) is 4.96. The Labute approximate surface area is 112 Å². The molecule has 19 heavy (non-hydrogen) atoms. The van der Waals surface area contributed by atoms with Gasteiger partial charge in [-0.3, -0.25) is 0 Å². The number of nitrogens with one attached hydrogen (secondary N) is 1. The van der Waals surface area contributed by atoms with Crippen LogP contribution < -0.4 is 5.32 Å². The number of hydrogen-bond acceptors (Lipinski definition) is 5. The van der Waals surface area contributed by atoms with E-state index in [1.54, 1.807) is 18.0 Å². The molecule has 0 aliphatic heterocycles. The first-order valence-electron chi connectivity index (χ1n) is 6.81. The Balaban J connectivity index is 1.92. The molecule has 2 aromatic rings. The zero-order valence-corrected chi connectivity index (χ0v) is 11.3. The van der Waals surface area contributed by atoms with Gasteiger partial charge in [-0.15, -0.1) is 10.2 Å². The summed E-state index contributed by atoms with van der Waals surface area (Å²) in [5.41, 5.74) is 2.80. The lowest BCUT2D eigenvalue weighted by Crippen LogP contribution is -2.30. The van der Waals surface area contributed by atoms with Gasteiger partial charge >= 0.3 is 0 Å². The number of ether oxygens (including phenoxy) is 1. The van der Waals surface area contributed by atoms with Gasteiger partial charge in [0.25, 0.3) is 0 Å². The first kappa shape index (κ1) is 12.3. The molecule has 1 aliphatic rings. The molecular formula is C13H19N5O. The lowest BCUT2D eigenvalue weighted by Gasteiger charge is -2.21. The van der Waals surface area contributed by atoms with Gasteiger partial charge in [0.05, 0.1) is 23.5 Å². The predicted molar refractivity (Wildman–Crippen MR) is 72.2 cm³/mol. The molecule has 6 heteroatoms. The van der Waals surface area contributed by atoms with Crippen molar-refractivity contribution in [2.24, 2.45) is 0 Å². The SMILES string of the molecule is CCc1cc(N[C@@H]2CCC[C@H]2OC)c2nncn2n1. The van der Waals surface area contributed by atoms with E-state index in [9.17, 15) is 0 Å². The number of aromatic nitrogens is 4. The quantitative estimate of drug-likeness (QED) is 0.907. The van der Waals surface area contributed by atoms with E-state index >= 15 is 0 Å². The van der Waals surface area contributed by atoms with Crippen molar-refractivity contribution in [1.82, 2.24) is 19.8 Å². The summed E-state index contributed by atoms with van der Waals surface area (Å²) < 4.78 is 7.26. The number of aryl methyl sites for hydroxylation is 1. The van der Waals surface area contributed by atoms with Gasteiger partial charge in [-0.05, 0) is 31.7 Å². The van der Waals surface area contributed by atoms with Crippen molar-refractivity contribution in [3.05, 3.63) is 18.1 Å². The van der Waals surface area contributed by atoms with E-state index in [4.69, 9.17) is 4.74 Å². The summed E-state index contributed by atoms with van der Waals surface area (Å²) in [6, 6.07) is 2.41. The summed E-state index contributed by atoms with van der Waals surface area (Å²) in [6.07, 6.45) is 6.25. The van der Waals surface area contributed by atoms with Gasteiger partial charge in [0, 0.05) is 7.11 Å². The van der Waals surface area contributed by atoms with Crippen LogP contribution in [0.25, 0.3) is 5.65 Å². The van der Waals surface area contributed by atoms with Crippen molar-refractivity contribution in [3.8, 4) is 0 Å². The zero-order valence-electron chi connectivity index (χ0n) is 11.3. The smallest absolute Gasteiger partial charge is 0.200 e. The highest BCUT2D eigenvalue weighted by molar-refractivity contribution is 5.67. The standard InChI is InChI=1S/C13H19N5O/c1-3-9-7-11(13-16-14-8-18(13)17-9)15-10-5-4-6-12(10)19-2/h7-8,10,12,15H,3-6H2,1-2H3/t10-,12-/m1/s1. The fourth-order valence-corrected chi connectivity index (χ4v) is 2.73. The average molecular weight is 261 g/mol. The molecule has 0 radical (unpaired) electrons. The van der Waals surface area contributed by atoms with Crippen molar-refractivity contribution in [2.45, 2.75) is 44.8 Å². The van der Waals surface area contributed by atoms with Crippen LogP contribution in [-0.4, -0.2) is 39.1 Å². The predicted octanol–water partition coefficient (Wildman–Crippen LogP) is 1.67. The average Bonchev–Trinajstić information content (AvgIpc) is 3.06. The van der Waals surface area contributed by atoms with E-state index in [-0.39, 0.29) is 6.10 Å². The Morgan fingerprint density at radius 3 is 3.16 bits per heavy atom. The molecule has 2 heterocycles. The maximum atomic E-state index is 5.53. The molecule has 102 valence electrons. The van der Waals surface area contributed by atoms with Crippen LogP contribution in [0.1, 0.15) is 31.9 Å². The number of anilines is 1. The van der Waals surface area contributed by atoms with E-state index in [0.717, 1.165) is 36.3 Å². The second kappa shape index (κ2) is 5.13. The molecule has 6 nitrogen and oxygen atoms in total. The van der Waals surface area contributed by atoms with Gasteiger partial charge in [0.15, 0.2) is 0 Å². The highest BCUT2D eigenvalue weighted by atomic mass is 16.5. The molecule has 0 bridgehead atoms. The van der Waals surface area contributed by atoms with Gasteiger partial charge in [0.1, 0.15) is 6.33 Å². The lowest BCUT2D eigenvalue weighted by atomic mass is 10.2. The molecule has 1 fully saturated rings. The maximum Gasteiger partial charge on any atom is 0.200 e. The van der Waals surface area contributed by atoms with Crippen LogP contribution >= 0.6 is 0 Å². The van der Waals surface area contributed by atoms with Crippen molar-refractivity contribution < 1.29 is 4.74 Å². The van der Waals surface area contributed by atoms with Crippen molar-refractivity contribution in [1.29, 1.82) is 0 Å². The molecule has 0 unspecified atom stereocenters. The monoisotopic (exact) mass is 261 g/mol. The van der Waals surface area contributed by atoms with E-state index in [1.807, 2.05) is 0 Å². The van der Waals surface area contributed by atoms with Gasteiger partial charge in [-0.25, -0.2) is 0 Å². The molecule has 1 aliphatic carbocycles. The van der Waals surface area contributed by atoms with Crippen molar-refractivity contribution in [3.63, 3.8) is 0 Å². The third-order valence-corrected chi connectivity index (χ3v) is 3.78. The summed E-state index contributed by atoms with van der Waals surface area (Å²) in [6.45, 7) is 2.09. The minimum Gasteiger partial charge on any atom is -0.379 e. The number of fused-ring (bicyclic) bond motifs is 1. The maximum absolute atomic E-state index is 5.53. The number of rotatable bonds is 4. The van der Waals surface area contributed by atoms with E-state index in [0.29, 0.717) is 6.04 Å². The largest absolute Gasteiger partial charge is 0.379 e. The van der Waals surface area contributed by atoms with Crippen LogP contribution in [0.4, 0.5) is 5.69 Å². The third-order valence-electron chi connectivity index (χ3n) is 3.78. The summed E-state index contributed by atoms with van der Waals surface area (Å²) in [4.78, 5) is 0. The summed E-state index contributed by atoms with van der Waals surface area (Å²) >= 11 is 0. The zero-order chi connectivity index (χ0) is 13.2.